The van der Waals surface area contributed by atoms with Crippen molar-refractivity contribution >= 4 is 0 Å². The van der Waals surface area contributed by atoms with Crippen LogP contribution in [-0.2, 0) is 0 Å². The Morgan fingerprint density at radius 1 is 1.00 bits per heavy atom. The van der Waals surface area contributed by atoms with Gasteiger partial charge in [-0.15, -0.1) is 0 Å². The van der Waals surface area contributed by atoms with Crippen LogP contribution in [0.5, 0.6) is 0 Å². The first-order valence-corrected chi connectivity index (χ1v) is 7.71. The zero-order valence-corrected chi connectivity index (χ0v) is 11.8. The van der Waals surface area contributed by atoms with Gasteiger partial charge in [0, 0.05) is 19.1 Å². The molecule has 0 aromatic heterocycles. The average molecular weight is 238 g/mol. The average Bonchev–Trinajstić information content (AvgIpc) is 2.92. The second-order valence-electron chi connectivity index (χ2n) is 6.23. The summed E-state index contributed by atoms with van der Waals surface area (Å²) in [4.78, 5) is 2.61. The highest BCUT2D eigenvalue weighted by Gasteiger charge is 2.28. The van der Waals surface area contributed by atoms with E-state index in [9.17, 15) is 0 Å². The van der Waals surface area contributed by atoms with E-state index in [0.29, 0.717) is 0 Å². The first-order chi connectivity index (χ1) is 8.29. The van der Waals surface area contributed by atoms with E-state index in [2.05, 4.69) is 24.2 Å². The molecule has 0 saturated heterocycles. The van der Waals surface area contributed by atoms with Crippen molar-refractivity contribution in [3.63, 3.8) is 0 Å². The van der Waals surface area contributed by atoms with Gasteiger partial charge in [0.2, 0.25) is 0 Å². The van der Waals surface area contributed by atoms with Gasteiger partial charge in [-0.1, -0.05) is 26.2 Å². The summed E-state index contributed by atoms with van der Waals surface area (Å²) in [5.41, 5.74) is 0. The summed E-state index contributed by atoms with van der Waals surface area (Å²) in [6, 6.07) is 0.797. The van der Waals surface area contributed by atoms with Crippen molar-refractivity contribution in [1.29, 1.82) is 0 Å². The predicted octanol–water partition coefficient (Wildman–Crippen LogP) is 2.89. The molecule has 0 bridgehead atoms. The minimum absolute atomic E-state index is 0.797. The number of nitrogens with one attached hydrogen (secondary N) is 1. The largest absolute Gasteiger partial charge is 0.314 e. The van der Waals surface area contributed by atoms with Gasteiger partial charge in [-0.25, -0.2) is 0 Å². The van der Waals surface area contributed by atoms with Gasteiger partial charge < -0.3 is 10.2 Å². The monoisotopic (exact) mass is 238 g/mol. The number of hydrogen-bond donors (Lipinski definition) is 1. The van der Waals surface area contributed by atoms with Gasteiger partial charge in [0.05, 0.1) is 0 Å². The van der Waals surface area contributed by atoms with E-state index >= 15 is 0 Å². The molecule has 2 fully saturated rings. The molecular weight excluding hydrogens is 208 g/mol. The molecule has 2 aliphatic rings. The Balaban J connectivity index is 1.71. The Labute approximate surface area is 107 Å². The Bertz CT molecular complexity index is 211. The fraction of sp³-hybridized carbons (Fsp3) is 1.00. The highest BCUT2D eigenvalue weighted by molar-refractivity contribution is 4.85. The van der Waals surface area contributed by atoms with Crippen LogP contribution in [0.2, 0.25) is 0 Å². The smallest absolute Gasteiger partial charge is 0.0107 e. The summed E-state index contributed by atoms with van der Waals surface area (Å²) in [6.07, 6.45) is 10.2. The topological polar surface area (TPSA) is 15.3 Å². The lowest BCUT2D eigenvalue weighted by atomic mass is 10.0. The van der Waals surface area contributed by atoms with E-state index < -0.39 is 0 Å². The molecule has 0 heterocycles. The van der Waals surface area contributed by atoms with Crippen molar-refractivity contribution < 1.29 is 0 Å². The molecule has 2 rings (SSSR count). The van der Waals surface area contributed by atoms with Crippen molar-refractivity contribution in [2.45, 2.75) is 57.9 Å². The minimum atomic E-state index is 0.797. The van der Waals surface area contributed by atoms with E-state index in [1.165, 1.54) is 58.0 Å². The van der Waals surface area contributed by atoms with Gasteiger partial charge in [-0.2, -0.15) is 0 Å². The van der Waals surface area contributed by atoms with Crippen LogP contribution in [0.4, 0.5) is 0 Å². The van der Waals surface area contributed by atoms with Gasteiger partial charge >= 0.3 is 0 Å². The molecule has 0 spiro atoms. The molecule has 0 radical (unpaired) electrons. The van der Waals surface area contributed by atoms with E-state index in [1.807, 2.05) is 0 Å². The third kappa shape index (κ3) is 3.96. The summed E-state index contributed by atoms with van der Waals surface area (Å²) in [6.45, 7) is 6.02. The van der Waals surface area contributed by atoms with E-state index in [4.69, 9.17) is 0 Å². The standard InChI is InChI=1S/C15H30N2/c1-3-16-15-10-6-9-14(15)12-17(2)11-13-7-4-5-8-13/h13-16H,3-12H2,1-2H3. The summed E-state index contributed by atoms with van der Waals surface area (Å²) < 4.78 is 0. The lowest BCUT2D eigenvalue weighted by Gasteiger charge is -2.27. The third-order valence-electron chi connectivity index (χ3n) is 4.72. The molecular formula is C15H30N2. The van der Waals surface area contributed by atoms with Crippen LogP contribution in [0.1, 0.15) is 51.9 Å². The number of nitrogens with zero attached hydrogens (tertiary/aromatic N) is 1. The van der Waals surface area contributed by atoms with Crippen LogP contribution in [0, 0.1) is 11.8 Å². The Hall–Kier alpha value is -0.0800. The van der Waals surface area contributed by atoms with E-state index in [1.54, 1.807) is 0 Å². The molecule has 2 heteroatoms. The molecule has 2 nitrogen and oxygen atoms in total. The Morgan fingerprint density at radius 3 is 2.47 bits per heavy atom. The Kier molecular flexibility index (Phi) is 5.30. The van der Waals surface area contributed by atoms with Crippen LogP contribution in [-0.4, -0.2) is 37.6 Å². The van der Waals surface area contributed by atoms with Crippen LogP contribution >= 0.6 is 0 Å². The zero-order chi connectivity index (χ0) is 12.1. The molecule has 0 amide bonds. The highest BCUT2D eigenvalue weighted by Crippen LogP contribution is 2.28. The molecule has 2 aliphatic carbocycles. The molecule has 17 heavy (non-hydrogen) atoms. The van der Waals surface area contributed by atoms with Crippen molar-refractivity contribution in [2.75, 3.05) is 26.7 Å². The van der Waals surface area contributed by atoms with E-state index in [0.717, 1.165) is 24.4 Å². The lowest BCUT2D eigenvalue weighted by Crippen LogP contribution is -2.39. The fourth-order valence-corrected chi connectivity index (χ4v) is 3.89. The van der Waals surface area contributed by atoms with Crippen molar-refractivity contribution in [3.05, 3.63) is 0 Å². The first-order valence-electron chi connectivity index (χ1n) is 7.71. The maximum atomic E-state index is 3.67. The maximum absolute atomic E-state index is 3.67. The number of rotatable bonds is 6. The second-order valence-corrected chi connectivity index (χ2v) is 6.23. The van der Waals surface area contributed by atoms with Gasteiger partial charge in [0.25, 0.3) is 0 Å². The summed E-state index contributed by atoms with van der Waals surface area (Å²) in [5, 5.41) is 3.67. The van der Waals surface area contributed by atoms with Crippen LogP contribution in [0.25, 0.3) is 0 Å². The minimum Gasteiger partial charge on any atom is -0.314 e. The predicted molar refractivity (Wildman–Crippen MR) is 74.3 cm³/mol. The summed E-state index contributed by atoms with van der Waals surface area (Å²) >= 11 is 0. The normalized spacial score (nSPS) is 30.5. The summed E-state index contributed by atoms with van der Waals surface area (Å²) in [5.74, 6) is 1.90. The number of hydrogen-bond acceptors (Lipinski definition) is 2. The molecule has 1 N–H and O–H groups in total. The third-order valence-corrected chi connectivity index (χ3v) is 4.72. The van der Waals surface area contributed by atoms with Crippen molar-refractivity contribution in [3.8, 4) is 0 Å². The van der Waals surface area contributed by atoms with Crippen LogP contribution in [0.3, 0.4) is 0 Å². The molecule has 0 aromatic carbocycles. The van der Waals surface area contributed by atoms with Crippen LogP contribution in [0.15, 0.2) is 0 Å². The molecule has 2 atom stereocenters. The van der Waals surface area contributed by atoms with Gasteiger partial charge in [-0.3, -0.25) is 0 Å². The lowest BCUT2D eigenvalue weighted by molar-refractivity contribution is 0.222. The fourth-order valence-electron chi connectivity index (χ4n) is 3.89. The Morgan fingerprint density at radius 2 is 1.76 bits per heavy atom. The SMILES string of the molecule is CCNC1CCCC1CN(C)CC1CCCC1. The van der Waals surface area contributed by atoms with Gasteiger partial charge in [-0.05, 0) is 51.1 Å². The summed E-state index contributed by atoms with van der Waals surface area (Å²) in [7, 11) is 2.33. The van der Waals surface area contributed by atoms with E-state index in [-0.39, 0.29) is 0 Å². The highest BCUT2D eigenvalue weighted by atomic mass is 15.1. The molecule has 100 valence electrons. The van der Waals surface area contributed by atoms with Crippen molar-refractivity contribution in [2.24, 2.45) is 11.8 Å². The van der Waals surface area contributed by atoms with Gasteiger partial charge in [0.1, 0.15) is 0 Å². The van der Waals surface area contributed by atoms with Crippen LogP contribution < -0.4 is 5.32 Å². The molecule has 2 unspecified atom stereocenters. The maximum Gasteiger partial charge on any atom is 0.0107 e. The quantitative estimate of drug-likeness (QED) is 0.765. The second kappa shape index (κ2) is 6.75. The van der Waals surface area contributed by atoms with Crippen molar-refractivity contribution in [1.82, 2.24) is 10.2 Å². The molecule has 2 saturated carbocycles. The molecule has 0 aromatic rings. The first kappa shape index (κ1) is 13.4. The molecule has 0 aliphatic heterocycles. The zero-order valence-electron chi connectivity index (χ0n) is 11.8. The van der Waals surface area contributed by atoms with Gasteiger partial charge in [0.15, 0.2) is 0 Å².